The summed E-state index contributed by atoms with van der Waals surface area (Å²) in [5, 5.41) is 30.9. The molecule has 2 fully saturated rings. The summed E-state index contributed by atoms with van der Waals surface area (Å²) in [7, 11) is 0. The summed E-state index contributed by atoms with van der Waals surface area (Å²) in [4.78, 5) is 25.8. The molecule has 4 atom stereocenters. The number of aliphatic hydroxyl groups is 2. The van der Waals surface area contributed by atoms with E-state index in [1.165, 1.54) is 0 Å². The van der Waals surface area contributed by atoms with E-state index < -0.39 is 12.2 Å². The maximum atomic E-state index is 12.3. The first-order valence-corrected chi connectivity index (χ1v) is 15.7. The number of hydrogen-bond acceptors (Lipinski definition) is 8. The molecule has 0 radical (unpaired) electrons. The summed E-state index contributed by atoms with van der Waals surface area (Å²) in [6.07, 6.45) is 2.54. The first-order chi connectivity index (χ1) is 22.0. The number of hydrogen-bond donors (Lipinski definition) is 5. The molecule has 2 amide bonds. The van der Waals surface area contributed by atoms with E-state index in [9.17, 15) is 19.8 Å². The number of likely N-dealkylation sites (tertiary alicyclic amines) is 1. The molecule has 3 aromatic carbocycles. The molecule has 10 nitrogen and oxygen atoms in total. The predicted molar refractivity (Wildman–Crippen MR) is 168 cm³/mol. The van der Waals surface area contributed by atoms with Crippen molar-refractivity contribution in [1.29, 1.82) is 0 Å². The van der Waals surface area contributed by atoms with E-state index in [-0.39, 0.29) is 50.2 Å². The minimum Gasteiger partial charge on any atom is -0.395 e. The monoisotopic (exact) mass is 617 g/mol. The number of rotatable bonds is 13. The van der Waals surface area contributed by atoms with E-state index in [0.717, 1.165) is 59.3 Å². The van der Waals surface area contributed by atoms with Crippen LogP contribution in [0, 0.1) is 0 Å². The van der Waals surface area contributed by atoms with Gasteiger partial charge in [0.2, 0.25) is 11.8 Å². The highest BCUT2D eigenvalue weighted by Gasteiger charge is 2.35. The number of ether oxygens (including phenoxy) is 2. The van der Waals surface area contributed by atoms with Gasteiger partial charge in [0.1, 0.15) is 0 Å². The lowest BCUT2D eigenvalue weighted by Gasteiger charge is -2.38. The molecule has 240 valence electrons. The van der Waals surface area contributed by atoms with Gasteiger partial charge in [-0.05, 0) is 53.6 Å². The summed E-state index contributed by atoms with van der Waals surface area (Å²) in [5.41, 5.74) is 7.32. The van der Waals surface area contributed by atoms with E-state index in [4.69, 9.17) is 14.7 Å². The lowest BCUT2D eigenvalue weighted by Crippen LogP contribution is -2.42. The zero-order chi connectivity index (χ0) is 31.6. The number of carbonyl (C=O) groups is 2. The van der Waals surface area contributed by atoms with Gasteiger partial charge in [0.25, 0.3) is 0 Å². The molecular formula is C35H43N3O7. The van der Waals surface area contributed by atoms with E-state index in [1.807, 2.05) is 72.8 Å². The van der Waals surface area contributed by atoms with Gasteiger partial charge >= 0.3 is 0 Å². The highest BCUT2D eigenvalue weighted by molar-refractivity contribution is 5.78. The van der Waals surface area contributed by atoms with Gasteiger partial charge in [-0.25, -0.2) is 5.48 Å². The molecule has 3 aromatic rings. The minimum atomic E-state index is -0.571. The number of nitrogens with one attached hydrogen (secondary N) is 2. The number of carbonyl (C=O) groups excluding carboxylic acids is 2. The van der Waals surface area contributed by atoms with Crippen LogP contribution in [0.15, 0.2) is 72.8 Å². The molecule has 4 unspecified atom stereocenters. The molecular weight excluding hydrogens is 574 g/mol. The summed E-state index contributed by atoms with van der Waals surface area (Å²) in [6, 6.07) is 24.0. The zero-order valence-electron chi connectivity index (χ0n) is 25.4. The SMILES string of the molecule is O=C(CCCC(=O)NCc1ccccc1-c1ccc(C2OC(CN3CCCC3CO)CC(c3ccc(CO)cc3)O2)cc1)NO. The Balaban J connectivity index is 1.28. The predicted octanol–water partition coefficient (Wildman–Crippen LogP) is 4.14. The highest BCUT2D eigenvalue weighted by atomic mass is 16.7. The van der Waals surface area contributed by atoms with Gasteiger partial charge in [-0.15, -0.1) is 0 Å². The molecule has 2 saturated heterocycles. The lowest BCUT2D eigenvalue weighted by atomic mass is 9.97. The Labute approximate surface area is 263 Å². The van der Waals surface area contributed by atoms with E-state index in [2.05, 4.69) is 10.2 Å². The Bertz CT molecular complexity index is 1400. The number of hydroxylamine groups is 1. The van der Waals surface area contributed by atoms with Crippen LogP contribution >= 0.6 is 0 Å². The Hall–Kier alpha value is -3.64. The fourth-order valence-corrected chi connectivity index (χ4v) is 6.16. The normalized spacial score (nSPS) is 21.8. The summed E-state index contributed by atoms with van der Waals surface area (Å²) in [6.45, 7) is 2.16. The van der Waals surface area contributed by atoms with Crippen molar-refractivity contribution < 1.29 is 34.5 Å². The molecule has 5 N–H and O–H groups in total. The largest absolute Gasteiger partial charge is 0.395 e. The lowest BCUT2D eigenvalue weighted by molar-refractivity contribution is -0.253. The van der Waals surface area contributed by atoms with Crippen molar-refractivity contribution in [3.8, 4) is 11.1 Å². The molecule has 45 heavy (non-hydrogen) atoms. The van der Waals surface area contributed by atoms with Crippen molar-refractivity contribution in [2.45, 2.75) is 76.2 Å². The summed E-state index contributed by atoms with van der Waals surface area (Å²) in [5.74, 6) is -0.669. The van der Waals surface area contributed by atoms with Crippen molar-refractivity contribution in [2.75, 3.05) is 19.7 Å². The molecule has 2 heterocycles. The molecule has 0 aromatic heterocycles. The van der Waals surface area contributed by atoms with E-state index in [0.29, 0.717) is 19.4 Å². The van der Waals surface area contributed by atoms with Crippen LogP contribution in [-0.4, -0.2) is 64.0 Å². The Morgan fingerprint density at radius 1 is 0.889 bits per heavy atom. The first-order valence-electron chi connectivity index (χ1n) is 15.7. The third-order valence-corrected chi connectivity index (χ3v) is 8.68. The molecule has 0 spiro atoms. The van der Waals surface area contributed by atoms with Gasteiger partial charge in [0.15, 0.2) is 6.29 Å². The van der Waals surface area contributed by atoms with Gasteiger partial charge < -0.3 is 25.0 Å². The quantitative estimate of drug-likeness (QED) is 0.142. The Morgan fingerprint density at radius 2 is 1.62 bits per heavy atom. The standard InChI is InChI=1S/C35H43N3O7/c39-22-24-10-12-26(13-11-24)32-19-30(21-38-18-4-6-29(38)23-40)44-35(45-32)27-16-14-25(15-17-27)31-7-2-1-5-28(31)20-36-33(41)8-3-9-34(42)37-43/h1-2,5,7,10-17,29-30,32,35,39-40,43H,3-4,6,8-9,18-23H2,(H,36,41)(H,37,42). The Morgan fingerprint density at radius 3 is 2.36 bits per heavy atom. The van der Waals surface area contributed by atoms with Crippen LogP contribution in [0.3, 0.4) is 0 Å². The van der Waals surface area contributed by atoms with Gasteiger partial charge in [0.05, 0.1) is 25.4 Å². The molecule has 10 heteroatoms. The second-order valence-electron chi connectivity index (χ2n) is 11.8. The average molecular weight is 618 g/mol. The molecule has 0 aliphatic carbocycles. The van der Waals surface area contributed by atoms with Crippen LogP contribution in [0.2, 0.25) is 0 Å². The molecule has 5 rings (SSSR count). The van der Waals surface area contributed by atoms with Gasteiger partial charge in [0, 0.05) is 44.0 Å². The molecule has 0 bridgehead atoms. The first kappa shape index (κ1) is 32.7. The van der Waals surface area contributed by atoms with Gasteiger partial charge in [-0.1, -0.05) is 72.8 Å². The van der Waals surface area contributed by atoms with Crippen LogP contribution in [-0.2, 0) is 32.2 Å². The fourth-order valence-electron chi connectivity index (χ4n) is 6.16. The van der Waals surface area contributed by atoms with Crippen LogP contribution in [0.5, 0.6) is 0 Å². The maximum absolute atomic E-state index is 12.3. The maximum Gasteiger partial charge on any atom is 0.243 e. The number of benzene rings is 3. The van der Waals surface area contributed by atoms with Crippen LogP contribution < -0.4 is 10.8 Å². The Kier molecular flexibility index (Phi) is 11.7. The second kappa shape index (κ2) is 16.1. The molecule has 2 aliphatic rings. The summed E-state index contributed by atoms with van der Waals surface area (Å²) >= 11 is 0. The van der Waals surface area contributed by atoms with Gasteiger partial charge in [-0.3, -0.25) is 19.7 Å². The highest BCUT2D eigenvalue weighted by Crippen LogP contribution is 2.39. The number of nitrogens with zero attached hydrogens (tertiary/aromatic N) is 1. The van der Waals surface area contributed by atoms with Crippen LogP contribution in [0.25, 0.3) is 11.1 Å². The van der Waals surface area contributed by atoms with Crippen molar-refractivity contribution in [3.05, 3.63) is 95.1 Å². The number of amides is 2. The van der Waals surface area contributed by atoms with Gasteiger partial charge in [-0.2, -0.15) is 0 Å². The van der Waals surface area contributed by atoms with E-state index in [1.54, 1.807) is 5.48 Å². The van der Waals surface area contributed by atoms with Crippen molar-refractivity contribution in [1.82, 2.24) is 15.7 Å². The van der Waals surface area contributed by atoms with Crippen molar-refractivity contribution in [3.63, 3.8) is 0 Å². The van der Waals surface area contributed by atoms with Crippen molar-refractivity contribution >= 4 is 11.8 Å². The smallest absolute Gasteiger partial charge is 0.243 e. The van der Waals surface area contributed by atoms with Crippen LogP contribution in [0.1, 0.15) is 73.2 Å². The summed E-state index contributed by atoms with van der Waals surface area (Å²) < 4.78 is 13.1. The third kappa shape index (κ3) is 8.76. The fraction of sp³-hybridized carbons (Fsp3) is 0.429. The topological polar surface area (TPSA) is 141 Å². The second-order valence-corrected chi connectivity index (χ2v) is 11.8. The minimum absolute atomic E-state index is 0.00890. The van der Waals surface area contributed by atoms with Crippen molar-refractivity contribution in [2.24, 2.45) is 0 Å². The van der Waals surface area contributed by atoms with E-state index >= 15 is 0 Å². The molecule has 0 saturated carbocycles. The zero-order valence-corrected chi connectivity index (χ0v) is 25.4. The number of aliphatic hydroxyl groups excluding tert-OH is 2. The van der Waals surface area contributed by atoms with Crippen LogP contribution in [0.4, 0.5) is 0 Å². The third-order valence-electron chi connectivity index (χ3n) is 8.68. The molecule has 2 aliphatic heterocycles. The average Bonchev–Trinajstić information content (AvgIpc) is 3.54.